The molecule has 0 aromatic heterocycles. The van der Waals surface area contributed by atoms with Crippen LogP contribution >= 0.6 is 0 Å². The lowest BCUT2D eigenvalue weighted by molar-refractivity contribution is 0.0283. The number of carbonyl (C=O) groups excluding carboxylic acids is 2. The van der Waals surface area contributed by atoms with E-state index in [1.54, 1.807) is 58.2 Å². The van der Waals surface area contributed by atoms with Crippen molar-refractivity contribution in [3.05, 3.63) is 53.1 Å². The minimum Gasteiger partial charge on any atom is -0.449 e. The van der Waals surface area contributed by atoms with Crippen LogP contribution in [0.25, 0.3) is 0 Å². The third-order valence-electron chi connectivity index (χ3n) is 6.40. The van der Waals surface area contributed by atoms with Gasteiger partial charge in [-0.3, -0.25) is 9.53 Å². The first-order chi connectivity index (χ1) is 18.3. The van der Waals surface area contributed by atoms with Crippen molar-refractivity contribution in [3.8, 4) is 0 Å². The van der Waals surface area contributed by atoms with Gasteiger partial charge in [-0.25, -0.2) is 9.59 Å². The molecule has 2 unspecified atom stereocenters. The minimum absolute atomic E-state index is 0.0676. The van der Waals surface area contributed by atoms with Crippen LogP contribution in [0.3, 0.4) is 0 Å². The number of carbonyl (C=O) groups is 2. The van der Waals surface area contributed by atoms with Crippen molar-refractivity contribution in [3.63, 3.8) is 0 Å². The van der Waals surface area contributed by atoms with Crippen molar-refractivity contribution in [2.75, 3.05) is 19.0 Å². The molecule has 0 radical (unpaired) electrons. The second kappa shape index (κ2) is 13.0. The summed E-state index contributed by atoms with van der Waals surface area (Å²) in [6.07, 6.45) is 1.41. The Balaban J connectivity index is 1.70. The summed E-state index contributed by atoms with van der Waals surface area (Å²) < 4.78 is 24.0. The molecule has 2 atom stereocenters. The first-order valence-corrected chi connectivity index (χ1v) is 14.4. The molecule has 212 valence electrons. The van der Waals surface area contributed by atoms with E-state index in [1.165, 1.54) is 4.90 Å². The predicted octanol–water partition coefficient (Wildman–Crippen LogP) is 4.05. The first-order valence-electron chi connectivity index (χ1n) is 13.2. The Morgan fingerprint density at radius 2 is 1.87 bits per heavy atom. The number of hydrogen-bond acceptors (Lipinski definition) is 7. The summed E-state index contributed by atoms with van der Waals surface area (Å²) in [4.78, 5) is 27.3. The summed E-state index contributed by atoms with van der Waals surface area (Å²) >= 11 is 0. The summed E-state index contributed by atoms with van der Waals surface area (Å²) in [6.45, 7) is 9.56. The van der Waals surface area contributed by atoms with E-state index in [1.807, 2.05) is 19.9 Å². The van der Waals surface area contributed by atoms with Crippen LogP contribution in [-0.4, -0.2) is 63.0 Å². The molecular weight excluding hydrogens is 519 g/mol. The average Bonchev–Trinajstić information content (AvgIpc) is 3.69. The van der Waals surface area contributed by atoms with Crippen molar-refractivity contribution in [1.29, 1.82) is 0 Å². The Hall–Kier alpha value is -2.89. The monoisotopic (exact) mass is 558 g/mol. The SMILES string of the molecule is CCC(COC(=O)Nc1ccc(S(=O)C2CC2)c(CN(C)C(=O)OC(C)(C)C)c1)c1ccc(B(O)O)cc1C. The van der Waals surface area contributed by atoms with Gasteiger partial charge < -0.3 is 24.4 Å². The Kier molecular flexibility index (Phi) is 10.2. The second-order valence-corrected chi connectivity index (χ2v) is 12.7. The van der Waals surface area contributed by atoms with Crippen LogP contribution in [0.4, 0.5) is 15.3 Å². The van der Waals surface area contributed by atoms with Crippen LogP contribution in [0.2, 0.25) is 0 Å². The van der Waals surface area contributed by atoms with Crippen molar-refractivity contribution in [2.24, 2.45) is 0 Å². The first kappa shape index (κ1) is 30.7. The van der Waals surface area contributed by atoms with Gasteiger partial charge in [0.15, 0.2) is 0 Å². The second-order valence-electron chi connectivity index (χ2n) is 11.0. The van der Waals surface area contributed by atoms with Gasteiger partial charge in [0, 0.05) is 35.3 Å². The molecule has 0 spiro atoms. The van der Waals surface area contributed by atoms with Crippen LogP contribution in [0, 0.1) is 6.92 Å². The zero-order chi connectivity index (χ0) is 28.9. The molecule has 0 bridgehead atoms. The lowest BCUT2D eigenvalue weighted by Gasteiger charge is -2.25. The molecule has 3 rings (SSSR count). The largest absolute Gasteiger partial charge is 0.488 e. The van der Waals surface area contributed by atoms with Crippen LogP contribution in [-0.2, 0) is 26.8 Å². The maximum atomic E-state index is 13.0. The maximum Gasteiger partial charge on any atom is 0.488 e. The van der Waals surface area contributed by atoms with E-state index >= 15 is 0 Å². The summed E-state index contributed by atoms with van der Waals surface area (Å²) in [6, 6.07) is 10.3. The molecule has 1 aliphatic rings. The van der Waals surface area contributed by atoms with Gasteiger partial charge in [-0.1, -0.05) is 25.1 Å². The molecule has 1 aliphatic carbocycles. The number of hydrogen-bond donors (Lipinski definition) is 3. The number of rotatable bonds is 10. The molecule has 3 N–H and O–H groups in total. The average molecular weight is 559 g/mol. The van der Waals surface area contributed by atoms with E-state index in [0.29, 0.717) is 21.6 Å². The molecule has 0 saturated heterocycles. The highest BCUT2D eigenvalue weighted by atomic mass is 32.2. The number of ether oxygens (including phenoxy) is 2. The van der Waals surface area contributed by atoms with Gasteiger partial charge in [0.05, 0.1) is 10.8 Å². The third kappa shape index (κ3) is 8.81. The predicted molar refractivity (Wildman–Crippen MR) is 153 cm³/mol. The number of amides is 2. The Labute approximate surface area is 233 Å². The van der Waals surface area contributed by atoms with Gasteiger partial charge in [0.1, 0.15) is 12.2 Å². The zero-order valence-corrected chi connectivity index (χ0v) is 24.3. The Morgan fingerprint density at radius 1 is 1.18 bits per heavy atom. The van der Waals surface area contributed by atoms with E-state index in [-0.39, 0.29) is 24.3 Å². The van der Waals surface area contributed by atoms with Crippen molar-refractivity contribution in [1.82, 2.24) is 4.90 Å². The summed E-state index contributed by atoms with van der Waals surface area (Å²) in [5.41, 5.74) is 2.75. The van der Waals surface area contributed by atoms with Gasteiger partial charge in [0.2, 0.25) is 0 Å². The molecule has 39 heavy (non-hydrogen) atoms. The normalized spacial score (nSPS) is 14.8. The number of aryl methyl sites for hydroxylation is 1. The molecular formula is C28H39BN2O7S. The van der Waals surface area contributed by atoms with Gasteiger partial charge >= 0.3 is 19.3 Å². The third-order valence-corrected chi connectivity index (χ3v) is 8.31. The quantitative estimate of drug-likeness (QED) is 0.376. The van der Waals surface area contributed by atoms with E-state index in [4.69, 9.17) is 9.47 Å². The molecule has 2 aromatic rings. The van der Waals surface area contributed by atoms with Crippen LogP contribution in [0.1, 0.15) is 69.6 Å². The maximum absolute atomic E-state index is 13.0. The van der Waals surface area contributed by atoms with E-state index in [0.717, 1.165) is 30.4 Å². The van der Waals surface area contributed by atoms with Crippen LogP contribution in [0.15, 0.2) is 41.3 Å². The van der Waals surface area contributed by atoms with Gasteiger partial charge in [-0.2, -0.15) is 0 Å². The standard InChI is InChI=1S/C28H39BN2O7S/c1-7-19(24-12-8-21(29(34)35)14-18(24)2)17-37-26(32)30-22-9-13-25(39(36)23-10-11-23)20(15-22)16-31(6)27(33)38-28(3,4)5/h8-9,12-15,19,23,34-35H,7,10-11,16-17H2,1-6H3,(H,30,32). The topological polar surface area (TPSA) is 125 Å². The van der Waals surface area contributed by atoms with E-state index in [2.05, 4.69) is 5.32 Å². The van der Waals surface area contributed by atoms with Gasteiger partial charge in [-0.15, -0.1) is 0 Å². The summed E-state index contributed by atoms with van der Waals surface area (Å²) in [5, 5.41) is 21.7. The van der Waals surface area contributed by atoms with Crippen molar-refractivity contribution < 1.29 is 33.3 Å². The number of nitrogens with zero attached hydrogens (tertiary/aromatic N) is 1. The lowest BCUT2D eigenvalue weighted by atomic mass is 9.78. The van der Waals surface area contributed by atoms with Crippen molar-refractivity contribution >= 4 is 41.3 Å². The highest BCUT2D eigenvalue weighted by Crippen LogP contribution is 2.33. The fourth-order valence-electron chi connectivity index (χ4n) is 4.17. The molecule has 1 fully saturated rings. The molecule has 0 heterocycles. The van der Waals surface area contributed by atoms with Gasteiger partial charge in [-0.05, 0) is 87.3 Å². The van der Waals surface area contributed by atoms with Crippen molar-refractivity contribution in [2.45, 2.75) is 82.1 Å². The smallest absolute Gasteiger partial charge is 0.449 e. The summed E-state index contributed by atoms with van der Waals surface area (Å²) in [5.74, 6) is -0.0676. The summed E-state index contributed by atoms with van der Waals surface area (Å²) in [7, 11) is -1.12. The fraction of sp³-hybridized carbons (Fsp3) is 0.500. The molecule has 2 amide bonds. The minimum atomic E-state index is -1.54. The lowest BCUT2D eigenvalue weighted by Crippen LogP contribution is -2.34. The van der Waals surface area contributed by atoms with Gasteiger partial charge in [0.25, 0.3) is 0 Å². The Bertz CT molecular complexity index is 1210. The molecule has 9 nitrogen and oxygen atoms in total. The zero-order valence-electron chi connectivity index (χ0n) is 23.5. The number of benzene rings is 2. The Morgan fingerprint density at radius 3 is 2.44 bits per heavy atom. The number of anilines is 1. The fourth-order valence-corrected chi connectivity index (χ4v) is 5.68. The molecule has 0 aliphatic heterocycles. The van der Waals surface area contributed by atoms with E-state index < -0.39 is 35.7 Å². The number of nitrogens with one attached hydrogen (secondary N) is 1. The van der Waals surface area contributed by atoms with E-state index in [9.17, 15) is 23.8 Å². The highest BCUT2D eigenvalue weighted by Gasteiger charge is 2.31. The van der Waals surface area contributed by atoms with Crippen LogP contribution < -0.4 is 10.8 Å². The molecule has 1 saturated carbocycles. The molecule has 2 aromatic carbocycles. The molecule has 11 heteroatoms. The van der Waals surface area contributed by atoms with Crippen LogP contribution in [0.5, 0.6) is 0 Å². The highest BCUT2D eigenvalue weighted by molar-refractivity contribution is 7.86.